The maximum absolute atomic E-state index is 5.69. The Labute approximate surface area is 122 Å². The minimum atomic E-state index is 0.187. The van der Waals surface area contributed by atoms with Crippen LogP contribution in [0.3, 0.4) is 0 Å². The van der Waals surface area contributed by atoms with Crippen LogP contribution in [0.1, 0.15) is 37.8 Å². The van der Waals surface area contributed by atoms with Crippen LogP contribution in [0.25, 0.3) is 0 Å². The van der Waals surface area contributed by atoms with E-state index in [9.17, 15) is 0 Å². The minimum absolute atomic E-state index is 0.187. The Kier molecular flexibility index (Phi) is 5.44. The van der Waals surface area contributed by atoms with Crippen molar-refractivity contribution in [2.75, 3.05) is 33.4 Å². The van der Waals surface area contributed by atoms with E-state index in [1.54, 1.807) is 7.11 Å². The third-order valence-electron chi connectivity index (χ3n) is 4.10. The lowest BCUT2D eigenvalue weighted by Crippen LogP contribution is -2.27. The van der Waals surface area contributed by atoms with Gasteiger partial charge in [0.15, 0.2) is 0 Å². The molecule has 0 radical (unpaired) electrons. The lowest BCUT2D eigenvalue weighted by atomic mass is 9.80. The molecule has 1 N–H and O–H groups in total. The van der Waals surface area contributed by atoms with Gasteiger partial charge in [-0.3, -0.25) is 0 Å². The fraction of sp³-hybridized carbons (Fsp3) is 0.647. The highest BCUT2D eigenvalue weighted by molar-refractivity contribution is 5.40. The monoisotopic (exact) mass is 277 g/mol. The summed E-state index contributed by atoms with van der Waals surface area (Å²) in [6.07, 6.45) is 3.40. The largest absolute Gasteiger partial charge is 0.493 e. The molecule has 0 bridgehead atoms. The molecule has 0 atom stereocenters. The summed E-state index contributed by atoms with van der Waals surface area (Å²) in [6.45, 7) is 8.21. The van der Waals surface area contributed by atoms with Crippen molar-refractivity contribution in [3.8, 4) is 5.75 Å². The van der Waals surface area contributed by atoms with E-state index >= 15 is 0 Å². The Hall–Kier alpha value is -1.06. The van der Waals surface area contributed by atoms with Crippen LogP contribution < -0.4 is 10.1 Å². The normalized spacial score (nSPS) is 14.8. The fourth-order valence-electron chi connectivity index (χ4n) is 2.63. The first-order valence-corrected chi connectivity index (χ1v) is 7.59. The first-order chi connectivity index (χ1) is 9.63. The molecule has 112 valence electrons. The van der Waals surface area contributed by atoms with Crippen LogP contribution in [0.5, 0.6) is 5.75 Å². The molecule has 1 aromatic carbocycles. The number of nitrogens with one attached hydrogen (secondary N) is 1. The summed E-state index contributed by atoms with van der Waals surface area (Å²) >= 11 is 0. The standard InChI is InChI=1S/C17H27NO2/c1-17(2,8-9-18-10-12-19-3)15-6-7-16-14(13-15)5-4-11-20-16/h6-7,13,18H,4-5,8-12H2,1-3H3. The Balaban J connectivity index is 1.94. The quantitative estimate of drug-likeness (QED) is 0.777. The highest BCUT2D eigenvalue weighted by Crippen LogP contribution is 2.32. The van der Waals surface area contributed by atoms with Crippen LogP contribution in [0.15, 0.2) is 18.2 Å². The second-order valence-corrected chi connectivity index (χ2v) is 6.15. The summed E-state index contributed by atoms with van der Waals surface area (Å²) in [4.78, 5) is 0. The second kappa shape index (κ2) is 7.09. The van der Waals surface area contributed by atoms with E-state index in [-0.39, 0.29) is 5.41 Å². The number of ether oxygens (including phenoxy) is 2. The average molecular weight is 277 g/mol. The van der Waals surface area contributed by atoms with Crippen molar-refractivity contribution in [2.24, 2.45) is 0 Å². The predicted molar refractivity (Wildman–Crippen MR) is 82.6 cm³/mol. The highest BCUT2D eigenvalue weighted by Gasteiger charge is 2.22. The number of fused-ring (bicyclic) bond motifs is 1. The first kappa shape index (κ1) is 15.3. The van der Waals surface area contributed by atoms with Gasteiger partial charge in [-0.2, -0.15) is 0 Å². The van der Waals surface area contributed by atoms with Crippen LogP contribution in [-0.2, 0) is 16.6 Å². The molecule has 1 aromatic rings. The molecular weight excluding hydrogens is 250 g/mol. The Morgan fingerprint density at radius 3 is 2.95 bits per heavy atom. The topological polar surface area (TPSA) is 30.5 Å². The van der Waals surface area contributed by atoms with Gasteiger partial charge in [-0.05, 0) is 48.4 Å². The Bertz CT molecular complexity index is 429. The van der Waals surface area contributed by atoms with Crippen molar-refractivity contribution >= 4 is 0 Å². The molecule has 0 aliphatic carbocycles. The lowest BCUT2D eigenvalue weighted by Gasteiger charge is -2.27. The fourth-order valence-corrected chi connectivity index (χ4v) is 2.63. The van der Waals surface area contributed by atoms with Crippen LogP contribution in [0, 0.1) is 0 Å². The summed E-state index contributed by atoms with van der Waals surface area (Å²) in [5.41, 5.74) is 2.97. The molecule has 0 amide bonds. The van der Waals surface area contributed by atoms with E-state index in [1.165, 1.54) is 11.1 Å². The van der Waals surface area contributed by atoms with Crippen molar-refractivity contribution in [2.45, 2.75) is 38.5 Å². The minimum Gasteiger partial charge on any atom is -0.493 e. The molecule has 3 nitrogen and oxygen atoms in total. The number of hydrogen-bond donors (Lipinski definition) is 1. The Morgan fingerprint density at radius 2 is 2.15 bits per heavy atom. The van der Waals surface area contributed by atoms with Gasteiger partial charge in [0.25, 0.3) is 0 Å². The van der Waals surface area contributed by atoms with Gasteiger partial charge in [0.1, 0.15) is 5.75 Å². The van der Waals surface area contributed by atoms with Crippen LogP contribution in [-0.4, -0.2) is 33.4 Å². The third kappa shape index (κ3) is 3.97. The summed E-state index contributed by atoms with van der Waals surface area (Å²) < 4.78 is 10.7. The highest BCUT2D eigenvalue weighted by atomic mass is 16.5. The van der Waals surface area contributed by atoms with Gasteiger partial charge in [0, 0.05) is 13.7 Å². The van der Waals surface area contributed by atoms with E-state index in [0.29, 0.717) is 0 Å². The molecule has 0 saturated heterocycles. The van der Waals surface area contributed by atoms with Gasteiger partial charge in [-0.25, -0.2) is 0 Å². The molecule has 20 heavy (non-hydrogen) atoms. The molecule has 1 aliphatic rings. The molecule has 2 rings (SSSR count). The van der Waals surface area contributed by atoms with Crippen LogP contribution in [0.4, 0.5) is 0 Å². The molecule has 3 heteroatoms. The van der Waals surface area contributed by atoms with Crippen LogP contribution >= 0.6 is 0 Å². The van der Waals surface area contributed by atoms with Crippen molar-refractivity contribution in [1.29, 1.82) is 0 Å². The summed E-state index contributed by atoms with van der Waals surface area (Å²) in [5.74, 6) is 1.08. The van der Waals surface area contributed by atoms with Crippen LogP contribution in [0.2, 0.25) is 0 Å². The van der Waals surface area contributed by atoms with E-state index < -0.39 is 0 Å². The first-order valence-electron chi connectivity index (χ1n) is 7.59. The van der Waals surface area contributed by atoms with E-state index in [2.05, 4.69) is 37.4 Å². The smallest absolute Gasteiger partial charge is 0.122 e. The summed E-state index contributed by atoms with van der Waals surface area (Å²) in [7, 11) is 1.74. The van der Waals surface area contributed by atoms with E-state index in [1.807, 2.05) is 0 Å². The van der Waals surface area contributed by atoms with Crippen molar-refractivity contribution in [1.82, 2.24) is 5.32 Å². The number of aryl methyl sites for hydroxylation is 1. The maximum atomic E-state index is 5.69. The molecule has 0 fully saturated rings. The zero-order valence-electron chi connectivity index (χ0n) is 13.0. The number of rotatable bonds is 7. The van der Waals surface area contributed by atoms with Crippen molar-refractivity contribution in [3.05, 3.63) is 29.3 Å². The number of hydrogen-bond acceptors (Lipinski definition) is 3. The van der Waals surface area contributed by atoms with Gasteiger partial charge < -0.3 is 14.8 Å². The molecule has 0 spiro atoms. The molecule has 0 saturated carbocycles. The lowest BCUT2D eigenvalue weighted by molar-refractivity contribution is 0.198. The summed E-state index contributed by atoms with van der Waals surface area (Å²) in [5, 5.41) is 3.42. The number of benzene rings is 1. The molecule has 1 heterocycles. The van der Waals surface area contributed by atoms with Crippen molar-refractivity contribution < 1.29 is 9.47 Å². The Morgan fingerprint density at radius 1 is 1.30 bits per heavy atom. The second-order valence-electron chi connectivity index (χ2n) is 6.15. The number of methoxy groups -OCH3 is 1. The van der Waals surface area contributed by atoms with E-state index in [0.717, 1.165) is 51.3 Å². The molecular formula is C17H27NO2. The zero-order valence-corrected chi connectivity index (χ0v) is 13.0. The molecule has 1 aliphatic heterocycles. The van der Waals surface area contributed by atoms with Gasteiger partial charge in [-0.1, -0.05) is 26.0 Å². The van der Waals surface area contributed by atoms with Gasteiger partial charge >= 0.3 is 0 Å². The maximum Gasteiger partial charge on any atom is 0.122 e. The molecule has 0 unspecified atom stereocenters. The SMILES string of the molecule is COCCNCCC(C)(C)c1ccc2c(c1)CCCO2. The summed E-state index contributed by atoms with van der Waals surface area (Å²) in [6, 6.07) is 6.70. The van der Waals surface area contributed by atoms with Gasteiger partial charge in [-0.15, -0.1) is 0 Å². The zero-order chi connectivity index (χ0) is 14.4. The van der Waals surface area contributed by atoms with Gasteiger partial charge in [0.05, 0.1) is 13.2 Å². The van der Waals surface area contributed by atoms with E-state index in [4.69, 9.17) is 9.47 Å². The molecule has 0 aromatic heterocycles. The van der Waals surface area contributed by atoms with Crippen molar-refractivity contribution in [3.63, 3.8) is 0 Å². The van der Waals surface area contributed by atoms with Gasteiger partial charge in [0.2, 0.25) is 0 Å². The predicted octanol–water partition coefficient (Wildman–Crippen LogP) is 2.92. The third-order valence-corrected chi connectivity index (χ3v) is 4.10. The average Bonchev–Trinajstić information content (AvgIpc) is 2.46.